The van der Waals surface area contributed by atoms with Crippen molar-refractivity contribution in [3.8, 4) is 0 Å². The van der Waals surface area contributed by atoms with Crippen LogP contribution in [0.25, 0.3) is 0 Å². The predicted octanol–water partition coefficient (Wildman–Crippen LogP) is 2.91. The van der Waals surface area contributed by atoms with Gasteiger partial charge in [-0.2, -0.15) is 0 Å². The maximum absolute atomic E-state index is 12.4. The highest BCUT2D eigenvalue weighted by Gasteiger charge is 2.21. The molecule has 2 heterocycles. The smallest absolute Gasteiger partial charge is 0.223 e. The molecule has 28 heavy (non-hydrogen) atoms. The van der Waals surface area contributed by atoms with Crippen molar-refractivity contribution in [3.05, 3.63) is 53.1 Å². The van der Waals surface area contributed by atoms with Crippen molar-refractivity contribution < 1.29 is 9.59 Å². The summed E-state index contributed by atoms with van der Waals surface area (Å²) in [6.45, 7) is 7.17. The molecule has 1 aromatic carbocycles. The highest BCUT2D eigenvalue weighted by molar-refractivity contribution is 6.30. The van der Waals surface area contributed by atoms with Crippen molar-refractivity contribution in [2.24, 2.45) is 0 Å². The molecule has 1 aliphatic rings. The number of ketones is 1. The van der Waals surface area contributed by atoms with Crippen LogP contribution in [0.2, 0.25) is 5.02 Å². The van der Waals surface area contributed by atoms with E-state index in [-0.39, 0.29) is 24.5 Å². The van der Waals surface area contributed by atoms with Crippen LogP contribution < -0.4 is 0 Å². The van der Waals surface area contributed by atoms with Crippen LogP contribution in [0, 0.1) is 0 Å². The number of hydrogen-bond donors (Lipinski definition) is 0. The summed E-state index contributed by atoms with van der Waals surface area (Å²) in [5.41, 5.74) is 0.605. The summed E-state index contributed by atoms with van der Waals surface area (Å²) in [4.78, 5) is 33.3. The number of hydrogen-bond acceptors (Lipinski definition) is 4. The Morgan fingerprint density at radius 2 is 1.75 bits per heavy atom. The summed E-state index contributed by atoms with van der Waals surface area (Å²) in [6.07, 6.45) is 5.30. The van der Waals surface area contributed by atoms with Crippen molar-refractivity contribution in [3.63, 3.8) is 0 Å². The molecule has 1 amide bonds. The molecule has 2 aromatic rings. The molecule has 1 fully saturated rings. The van der Waals surface area contributed by atoms with E-state index in [9.17, 15) is 9.59 Å². The number of aryl methyl sites for hydroxylation is 1. The van der Waals surface area contributed by atoms with Gasteiger partial charge in [0.1, 0.15) is 5.82 Å². The highest BCUT2D eigenvalue weighted by Crippen LogP contribution is 2.13. The molecule has 0 N–H and O–H groups in total. The van der Waals surface area contributed by atoms with Crippen molar-refractivity contribution in [1.82, 2.24) is 19.4 Å². The van der Waals surface area contributed by atoms with E-state index in [0.29, 0.717) is 10.6 Å². The van der Waals surface area contributed by atoms with E-state index >= 15 is 0 Å². The monoisotopic (exact) mass is 402 g/mol. The van der Waals surface area contributed by atoms with Crippen LogP contribution >= 0.6 is 11.6 Å². The van der Waals surface area contributed by atoms with Gasteiger partial charge in [0.05, 0.1) is 0 Å². The molecule has 6 nitrogen and oxygen atoms in total. The molecular formula is C21H27ClN4O2. The Hall–Kier alpha value is -2.18. The van der Waals surface area contributed by atoms with Gasteiger partial charge in [-0.1, -0.05) is 18.5 Å². The van der Waals surface area contributed by atoms with E-state index in [0.717, 1.165) is 51.5 Å². The van der Waals surface area contributed by atoms with E-state index in [1.54, 1.807) is 24.3 Å². The molecule has 0 spiro atoms. The number of benzene rings is 1. The van der Waals surface area contributed by atoms with E-state index in [1.807, 2.05) is 17.3 Å². The number of imidazole rings is 1. The quantitative estimate of drug-likeness (QED) is 0.637. The SMILES string of the molecule is CCc1nccn1CCN1CCN(C(=O)CCC(=O)c2ccc(Cl)cc2)CC1. The summed E-state index contributed by atoms with van der Waals surface area (Å²) in [5, 5.41) is 0.601. The number of piperazine rings is 1. The molecule has 0 bridgehead atoms. The average Bonchev–Trinajstić information content (AvgIpc) is 3.18. The Bertz CT molecular complexity index is 795. The summed E-state index contributed by atoms with van der Waals surface area (Å²) < 4.78 is 2.19. The summed E-state index contributed by atoms with van der Waals surface area (Å²) >= 11 is 5.84. The number of nitrogens with zero attached hydrogens (tertiary/aromatic N) is 4. The third-order valence-corrected chi connectivity index (χ3v) is 5.48. The van der Waals surface area contributed by atoms with E-state index in [1.165, 1.54) is 0 Å². The minimum Gasteiger partial charge on any atom is -0.340 e. The summed E-state index contributed by atoms with van der Waals surface area (Å²) in [6, 6.07) is 6.81. The van der Waals surface area contributed by atoms with Gasteiger partial charge in [-0.05, 0) is 24.3 Å². The number of halogens is 1. The zero-order valence-corrected chi connectivity index (χ0v) is 17.1. The van der Waals surface area contributed by atoms with Gasteiger partial charge in [-0.25, -0.2) is 4.98 Å². The number of Topliss-reactive ketones (excluding diaryl/α,β-unsaturated/α-hetero) is 1. The van der Waals surface area contributed by atoms with Crippen molar-refractivity contribution >= 4 is 23.3 Å². The molecule has 0 radical (unpaired) electrons. The topological polar surface area (TPSA) is 58.4 Å². The molecule has 1 saturated heterocycles. The predicted molar refractivity (Wildman–Crippen MR) is 110 cm³/mol. The maximum Gasteiger partial charge on any atom is 0.223 e. The van der Waals surface area contributed by atoms with Crippen LogP contribution in [-0.2, 0) is 17.8 Å². The van der Waals surface area contributed by atoms with Gasteiger partial charge in [-0.3, -0.25) is 14.5 Å². The Balaban J connectivity index is 1.38. The van der Waals surface area contributed by atoms with Gasteiger partial charge < -0.3 is 9.47 Å². The summed E-state index contributed by atoms with van der Waals surface area (Å²) in [5.74, 6) is 1.15. The Morgan fingerprint density at radius 3 is 2.43 bits per heavy atom. The minimum absolute atomic E-state index is 0.0179. The lowest BCUT2D eigenvalue weighted by Crippen LogP contribution is -2.49. The minimum atomic E-state index is -0.0179. The molecule has 150 valence electrons. The number of aromatic nitrogens is 2. The second-order valence-electron chi connectivity index (χ2n) is 7.04. The molecule has 0 aliphatic carbocycles. The number of rotatable bonds is 8. The van der Waals surface area contributed by atoms with Gasteiger partial charge in [0, 0.05) is 81.5 Å². The first-order chi connectivity index (χ1) is 13.6. The fourth-order valence-electron chi connectivity index (χ4n) is 3.49. The second kappa shape index (κ2) is 9.85. The standard InChI is InChI=1S/C21H27ClN4O2/c1-2-20-23-9-10-25(20)14-11-24-12-15-26(16-13-24)21(28)8-7-19(27)17-3-5-18(22)6-4-17/h3-6,9-10H,2,7-8,11-16H2,1H3. The third kappa shape index (κ3) is 5.42. The van der Waals surface area contributed by atoms with Crippen molar-refractivity contribution in [2.75, 3.05) is 32.7 Å². The number of carbonyl (C=O) groups excluding carboxylic acids is 2. The molecule has 1 aromatic heterocycles. The Morgan fingerprint density at radius 1 is 1.04 bits per heavy atom. The molecule has 3 rings (SSSR count). The second-order valence-corrected chi connectivity index (χ2v) is 7.48. The molecule has 1 aliphatic heterocycles. The van der Waals surface area contributed by atoms with Gasteiger partial charge in [0.2, 0.25) is 5.91 Å². The lowest BCUT2D eigenvalue weighted by Gasteiger charge is -2.34. The molecule has 0 atom stereocenters. The van der Waals surface area contributed by atoms with Gasteiger partial charge in [-0.15, -0.1) is 0 Å². The lowest BCUT2D eigenvalue weighted by molar-refractivity contribution is -0.132. The normalized spacial score (nSPS) is 15.0. The largest absolute Gasteiger partial charge is 0.340 e. The molecular weight excluding hydrogens is 376 g/mol. The zero-order valence-electron chi connectivity index (χ0n) is 16.3. The Labute approximate surface area is 171 Å². The average molecular weight is 403 g/mol. The van der Waals surface area contributed by atoms with Crippen molar-refractivity contribution in [2.45, 2.75) is 32.7 Å². The van der Waals surface area contributed by atoms with Crippen LogP contribution in [-0.4, -0.2) is 63.8 Å². The number of amides is 1. The fraction of sp³-hybridized carbons (Fsp3) is 0.476. The lowest BCUT2D eigenvalue weighted by atomic mass is 10.1. The van der Waals surface area contributed by atoms with E-state index < -0.39 is 0 Å². The Kier molecular flexibility index (Phi) is 7.23. The maximum atomic E-state index is 12.4. The fourth-order valence-corrected chi connectivity index (χ4v) is 3.61. The molecule has 7 heteroatoms. The first kappa shape index (κ1) is 20.6. The first-order valence-electron chi connectivity index (χ1n) is 9.85. The van der Waals surface area contributed by atoms with E-state index in [2.05, 4.69) is 21.4 Å². The van der Waals surface area contributed by atoms with Gasteiger partial charge in [0.15, 0.2) is 5.78 Å². The van der Waals surface area contributed by atoms with Crippen LogP contribution in [0.3, 0.4) is 0 Å². The number of carbonyl (C=O) groups is 2. The summed E-state index contributed by atoms with van der Waals surface area (Å²) in [7, 11) is 0. The van der Waals surface area contributed by atoms with Crippen LogP contribution in [0.1, 0.15) is 35.9 Å². The first-order valence-corrected chi connectivity index (χ1v) is 10.2. The molecule has 0 saturated carbocycles. The van der Waals surface area contributed by atoms with Crippen LogP contribution in [0.4, 0.5) is 0 Å². The van der Waals surface area contributed by atoms with E-state index in [4.69, 9.17) is 11.6 Å². The van der Waals surface area contributed by atoms with Crippen molar-refractivity contribution in [1.29, 1.82) is 0 Å². The highest BCUT2D eigenvalue weighted by atomic mass is 35.5. The zero-order chi connectivity index (χ0) is 19.9. The van der Waals surface area contributed by atoms with Gasteiger partial charge in [0.25, 0.3) is 0 Å². The van der Waals surface area contributed by atoms with Crippen LogP contribution in [0.15, 0.2) is 36.7 Å². The molecule has 0 unspecified atom stereocenters. The third-order valence-electron chi connectivity index (χ3n) is 5.23. The van der Waals surface area contributed by atoms with Crippen LogP contribution in [0.5, 0.6) is 0 Å². The van der Waals surface area contributed by atoms with Gasteiger partial charge >= 0.3 is 0 Å².